The van der Waals surface area contributed by atoms with E-state index in [0.29, 0.717) is 11.1 Å². The van der Waals surface area contributed by atoms with Crippen LogP contribution in [0, 0.1) is 26.1 Å². The minimum atomic E-state index is -1.10. The molecular formula is C17H15N3O7. The fraction of sp³-hybridized carbons (Fsp3) is 0.235. The van der Waals surface area contributed by atoms with Crippen molar-refractivity contribution in [2.75, 3.05) is 0 Å². The van der Waals surface area contributed by atoms with Crippen molar-refractivity contribution >= 4 is 28.8 Å². The molecular weight excluding hydrogens is 358 g/mol. The highest BCUT2D eigenvalue weighted by atomic mass is 16.7. The van der Waals surface area contributed by atoms with Crippen LogP contribution in [0.4, 0.5) is 11.4 Å². The molecule has 0 amide bonds. The highest BCUT2D eigenvalue weighted by molar-refractivity contribution is 6.21. The van der Waals surface area contributed by atoms with Gasteiger partial charge < -0.3 is 4.84 Å². The number of carbonyl (C=O) groups is 2. The van der Waals surface area contributed by atoms with Crippen molar-refractivity contribution < 1.29 is 24.3 Å². The van der Waals surface area contributed by atoms with Crippen LogP contribution >= 0.6 is 0 Å². The number of hydrogen-bond donors (Lipinski definition) is 0. The monoisotopic (exact) mass is 373 g/mol. The van der Waals surface area contributed by atoms with E-state index in [1.807, 2.05) is 13.8 Å². The molecule has 0 saturated carbocycles. The first-order chi connectivity index (χ1) is 12.6. The summed E-state index contributed by atoms with van der Waals surface area (Å²) in [5.74, 6) is -1.35. The van der Waals surface area contributed by atoms with Crippen LogP contribution in [0.3, 0.4) is 0 Å². The van der Waals surface area contributed by atoms with Gasteiger partial charge in [-0.2, -0.15) is 0 Å². The lowest BCUT2D eigenvalue weighted by Gasteiger charge is -2.15. The van der Waals surface area contributed by atoms with Gasteiger partial charge in [-0.1, -0.05) is 19.0 Å². The van der Waals surface area contributed by atoms with Crippen molar-refractivity contribution in [1.82, 2.24) is 0 Å². The van der Waals surface area contributed by atoms with Crippen molar-refractivity contribution in [3.05, 3.63) is 67.3 Å². The van der Waals surface area contributed by atoms with E-state index in [9.17, 15) is 29.8 Å². The number of rotatable bonds is 5. The molecule has 0 aliphatic heterocycles. The third-order valence-electron chi connectivity index (χ3n) is 3.73. The van der Waals surface area contributed by atoms with Crippen LogP contribution in [0.1, 0.15) is 31.1 Å². The standard InChI is InChI=1S/C17H15N3O7/c1-9(2)14-8-16(21)10(3)4-15(14)18-27-17(22)11-5-12(19(23)24)7-13(6-11)20(25)26/h4-9H,1-3H3/b18-15-. The zero-order valence-corrected chi connectivity index (χ0v) is 14.7. The van der Waals surface area contributed by atoms with Crippen LogP contribution in [-0.4, -0.2) is 27.3 Å². The maximum absolute atomic E-state index is 12.2. The Morgan fingerprint density at radius 3 is 2.11 bits per heavy atom. The van der Waals surface area contributed by atoms with Crippen LogP contribution in [0.15, 0.2) is 46.7 Å². The van der Waals surface area contributed by atoms with E-state index in [1.165, 1.54) is 12.2 Å². The smallest absolute Gasteiger partial charge is 0.312 e. The van der Waals surface area contributed by atoms with Gasteiger partial charge in [-0.15, -0.1) is 0 Å². The lowest BCUT2D eigenvalue weighted by Crippen LogP contribution is -2.16. The van der Waals surface area contributed by atoms with E-state index < -0.39 is 27.2 Å². The Bertz CT molecular complexity index is 910. The van der Waals surface area contributed by atoms with Crippen LogP contribution < -0.4 is 0 Å². The minimum absolute atomic E-state index is 0.0744. The molecule has 0 N–H and O–H groups in total. The molecule has 2 rings (SSSR count). The molecule has 0 radical (unpaired) electrons. The van der Waals surface area contributed by atoms with Gasteiger partial charge in [0, 0.05) is 12.1 Å². The fourth-order valence-electron chi connectivity index (χ4n) is 2.30. The van der Waals surface area contributed by atoms with Crippen molar-refractivity contribution in [2.24, 2.45) is 11.1 Å². The quantitative estimate of drug-likeness (QED) is 0.334. The average Bonchev–Trinajstić information content (AvgIpc) is 2.61. The van der Waals surface area contributed by atoms with Gasteiger partial charge in [-0.05, 0) is 36.1 Å². The zero-order chi connectivity index (χ0) is 20.3. The molecule has 0 bridgehead atoms. The Morgan fingerprint density at radius 1 is 1.07 bits per heavy atom. The first-order valence-electron chi connectivity index (χ1n) is 7.78. The molecule has 1 aliphatic rings. The molecule has 0 atom stereocenters. The Labute approximate surface area is 153 Å². The van der Waals surface area contributed by atoms with Gasteiger partial charge in [0.05, 0.1) is 21.5 Å². The van der Waals surface area contributed by atoms with E-state index in [-0.39, 0.29) is 23.0 Å². The van der Waals surface area contributed by atoms with Gasteiger partial charge in [0.2, 0.25) is 0 Å². The van der Waals surface area contributed by atoms with Crippen LogP contribution in [0.2, 0.25) is 0 Å². The molecule has 0 saturated heterocycles. The number of ketones is 1. The SMILES string of the molecule is CC1=C/C(=N/OC(=O)c2cc([N+](=O)[O-])cc([N+](=O)[O-])c2)C(C(C)C)=CC1=O. The number of carbonyl (C=O) groups excluding carboxylic acids is 2. The number of allylic oxidation sites excluding steroid dienone is 4. The summed E-state index contributed by atoms with van der Waals surface area (Å²) < 4.78 is 0. The number of oxime groups is 1. The highest BCUT2D eigenvalue weighted by Crippen LogP contribution is 2.24. The van der Waals surface area contributed by atoms with Crippen LogP contribution in [0.5, 0.6) is 0 Å². The van der Waals surface area contributed by atoms with Gasteiger partial charge in [0.25, 0.3) is 11.4 Å². The number of nitro groups is 2. The fourth-order valence-corrected chi connectivity index (χ4v) is 2.30. The molecule has 0 aromatic heterocycles. The van der Waals surface area contributed by atoms with Gasteiger partial charge in [0.15, 0.2) is 5.78 Å². The number of nitrogens with zero attached hydrogens (tertiary/aromatic N) is 3. The summed E-state index contributed by atoms with van der Waals surface area (Å²) in [6.45, 7) is 5.24. The van der Waals surface area contributed by atoms with Crippen LogP contribution in [0.25, 0.3) is 0 Å². The van der Waals surface area contributed by atoms with E-state index in [0.717, 1.165) is 18.2 Å². The third kappa shape index (κ3) is 4.48. The summed E-state index contributed by atoms with van der Waals surface area (Å²) in [6.07, 6.45) is 2.85. The third-order valence-corrected chi connectivity index (χ3v) is 3.73. The van der Waals surface area contributed by atoms with Crippen molar-refractivity contribution in [1.29, 1.82) is 0 Å². The maximum Gasteiger partial charge on any atom is 0.366 e. The molecule has 1 aromatic rings. The summed E-state index contributed by atoms with van der Waals surface area (Å²) in [7, 11) is 0. The Hall–Kier alpha value is -3.69. The summed E-state index contributed by atoms with van der Waals surface area (Å²) in [5.41, 5.74) is -0.405. The van der Waals surface area contributed by atoms with Gasteiger partial charge in [-0.3, -0.25) is 25.0 Å². The normalized spacial score (nSPS) is 15.4. The van der Waals surface area contributed by atoms with Gasteiger partial charge in [0.1, 0.15) is 5.71 Å². The second kappa shape index (κ2) is 7.68. The molecule has 0 spiro atoms. The summed E-state index contributed by atoms with van der Waals surface area (Å²) >= 11 is 0. The first-order valence-corrected chi connectivity index (χ1v) is 7.78. The Balaban J connectivity index is 2.35. The largest absolute Gasteiger partial charge is 0.366 e. The van der Waals surface area contributed by atoms with Crippen LogP contribution in [-0.2, 0) is 9.63 Å². The molecule has 0 heterocycles. The number of hydrogen-bond acceptors (Lipinski definition) is 8. The van der Waals surface area contributed by atoms with E-state index >= 15 is 0 Å². The Kier molecular flexibility index (Phi) is 5.59. The second-order valence-corrected chi connectivity index (χ2v) is 6.05. The van der Waals surface area contributed by atoms with Gasteiger partial charge in [-0.25, -0.2) is 4.79 Å². The second-order valence-electron chi connectivity index (χ2n) is 6.05. The molecule has 0 fully saturated rings. The van der Waals surface area contributed by atoms with E-state index in [4.69, 9.17) is 4.84 Å². The van der Waals surface area contributed by atoms with E-state index in [2.05, 4.69) is 5.16 Å². The average molecular weight is 373 g/mol. The minimum Gasteiger partial charge on any atom is -0.312 e. The Morgan fingerprint density at radius 2 is 1.63 bits per heavy atom. The highest BCUT2D eigenvalue weighted by Gasteiger charge is 2.22. The predicted molar refractivity (Wildman–Crippen MR) is 94.3 cm³/mol. The van der Waals surface area contributed by atoms with Crippen molar-refractivity contribution in [3.63, 3.8) is 0 Å². The predicted octanol–water partition coefficient (Wildman–Crippen LogP) is 3.13. The van der Waals surface area contributed by atoms with Crippen molar-refractivity contribution in [2.45, 2.75) is 20.8 Å². The lowest BCUT2D eigenvalue weighted by molar-refractivity contribution is -0.394. The topological polar surface area (TPSA) is 142 Å². The summed E-state index contributed by atoms with van der Waals surface area (Å²) in [4.78, 5) is 48.9. The maximum atomic E-state index is 12.2. The van der Waals surface area contributed by atoms with E-state index in [1.54, 1.807) is 6.92 Å². The summed E-state index contributed by atoms with van der Waals surface area (Å²) in [5, 5.41) is 25.5. The number of non-ortho nitro benzene ring substituents is 2. The van der Waals surface area contributed by atoms with Gasteiger partial charge >= 0.3 is 5.97 Å². The molecule has 1 aliphatic carbocycles. The first kappa shape index (κ1) is 19.6. The molecule has 0 unspecified atom stereocenters. The molecule has 10 nitrogen and oxygen atoms in total. The van der Waals surface area contributed by atoms with Crippen molar-refractivity contribution in [3.8, 4) is 0 Å². The molecule has 27 heavy (non-hydrogen) atoms. The zero-order valence-electron chi connectivity index (χ0n) is 14.7. The lowest BCUT2D eigenvalue weighted by atomic mass is 9.90. The number of benzene rings is 1. The molecule has 1 aromatic carbocycles. The number of nitro benzene ring substituents is 2. The molecule has 140 valence electrons. The summed E-state index contributed by atoms with van der Waals surface area (Å²) in [6, 6.07) is 2.46. The molecule has 10 heteroatoms.